The number of benzene rings is 1. The van der Waals surface area contributed by atoms with E-state index in [2.05, 4.69) is 25.5 Å². The number of methoxy groups -OCH3 is 1. The molecule has 2 fully saturated rings. The number of imidazole rings is 1. The highest BCUT2D eigenvalue weighted by atomic mass is 35.5. The van der Waals surface area contributed by atoms with Gasteiger partial charge in [0.05, 0.1) is 46.8 Å². The average Bonchev–Trinajstić information content (AvgIpc) is 3.23. The molecule has 12 heteroatoms. The Hall–Kier alpha value is -3.31. The molecule has 176 valence electrons. The zero-order chi connectivity index (χ0) is 23.6. The fourth-order valence-corrected chi connectivity index (χ4v) is 4.80. The largest absolute Gasteiger partial charge is 0.380 e. The summed E-state index contributed by atoms with van der Waals surface area (Å²) in [6.07, 6.45) is 6.28. The highest BCUT2D eigenvalue weighted by molar-refractivity contribution is 6.36. The number of hydrogen-bond acceptors (Lipinski definition) is 6. The fourth-order valence-electron chi connectivity index (χ4n) is 4.51. The van der Waals surface area contributed by atoms with Gasteiger partial charge in [0.1, 0.15) is 11.9 Å². The lowest BCUT2D eigenvalue weighted by atomic mass is 10.0. The van der Waals surface area contributed by atoms with E-state index in [1.165, 1.54) is 6.20 Å². The van der Waals surface area contributed by atoms with Gasteiger partial charge in [-0.3, -0.25) is 14.9 Å². The predicted molar refractivity (Wildman–Crippen MR) is 122 cm³/mol. The van der Waals surface area contributed by atoms with Crippen molar-refractivity contribution in [3.63, 3.8) is 0 Å². The molecular formula is C22H20ClF2N7O2. The van der Waals surface area contributed by atoms with Gasteiger partial charge in [-0.05, 0) is 12.8 Å². The number of amides is 1. The fraction of sp³-hybridized carbons (Fsp3) is 0.364. The van der Waals surface area contributed by atoms with Gasteiger partial charge in [0, 0.05) is 37.3 Å². The number of alkyl halides is 1. The van der Waals surface area contributed by atoms with E-state index in [9.17, 15) is 9.18 Å². The minimum absolute atomic E-state index is 0.0199. The summed E-state index contributed by atoms with van der Waals surface area (Å²) in [6.45, 7) is 1.19. The number of nitrogens with one attached hydrogen (secondary N) is 2. The van der Waals surface area contributed by atoms with Crippen LogP contribution in [-0.2, 0) is 9.53 Å². The Bertz CT molecular complexity index is 1440. The molecule has 4 aromatic rings. The standard InChI is InChI=1S/C22H20ClF2N7O2/c1-34-10-2-3-31(7-10)21-19(25)18(23)17(12-5-27-30-20(12)21)14-8-32-9-15(28-16(32)6-26-14)29-22(33)11-4-13(11)24/h5-6,8-11,13H,2-4,7H2,1H3,(H,27,30)(H,29,33)/t10-,11+,13-/m0/s1. The second-order valence-corrected chi connectivity index (χ2v) is 8.99. The van der Waals surface area contributed by atoms with Crippen LogP contribution in [0.1, 0.15) is 12.8 Å². The zero-order valence-electron chi connectivity index (χ0n) is 18.1. The van der Waals surface area contributed by atoms with E-state index < -0.39 is 23.8 Å². The smallest absolute Gasteiger partial charge is 0.231 e. The quantitative estimate of drug-likeness (QED) is 0.446. The average molecular weight is 488 g/mol. The maximum absolute atomic E-state index is 15.6. The molecule has 0 bridgehead atoms. The number of aromatic nitrogens is 5. The molecule has 3 atom stereocenters. The maximum Gasteiger partial charge on any atom is 0.231 e. The molecule has 1 aliphatic heterocycles. The molecule has 1 amide bonds. The lowest BCUT2D eigenvalue weighted by Crippen LogP contribution is -2.23. The van der Waals surface area contributed by atoms with Crippen molar-refractivity contribution in [3.05, 3.63) is 35.6 Å². The minimum atomic E-state index is -1.09. The molecule has 6 rings (SSSR count). The number of anilines is 2. The van der Waals surface area contributed by atoms with E-state index in [-0.39, 0.29) is 23.4 Å². The van der Waals surface area contributed by atoms with Crippen LogP contribution < -0.4 is 10.2 Å². The van der Waals surface area contributed by atoms with E-state index in [0.29, 0.717) is 46.6 Å². The number of carbonyl (C=O) groups excluding carboxylic acids is 1. The highest BCUT2D eigenvalue weighted by Crippen LogP contribution is 2.43. The molecule has 1 saturated carbocycles. The van der Waals surface area contributed by atoms with Crippen LogP contribution in [0.5, 0.6) is 0 Å². The van der Waals surface area contributed by atoms with E-state index in [0.717, 1.165) is 6.42 Å². The SMILES string of the molecule is CO[C@H]1CCN(c2c(F)c(Cl)c(-c3cn4cc(NC(=O)[C@@H]5C[C@@H]5F)nc4cn3)c3cn[nH]c23)C1. The lowest BCUT2D eigenvalue weighted by Gasteiger charge is -2.21. The van der Waals surface area contributed by atoms with Crippen LogP contribution in [0.2, 0.25) is 5.02 Å². The normalized spacial score (nSPS) is 22.1. The molecular weight excluding hydrogens is 468 g/mol. The Morgan fingerprint density at radius 1 is 1.35 bits per heavy atom. The second kappa shape index (κ2) is 7.88. The summed E-state index contributed by atoms with van der Waals surface area (Å²) in [5, 5.41) is 10.2. The second-order valence-electron chi connectivity index (χ2n) is 8.61. The van der Waals surface area contributed by atoms with Crippen molar-refractivity contribution in [2.75, 3.05) is 30.4 Å². The number of H-pyrrole nitrogens is 1. The number of carbonyl (C=O) groups is 1. The van der Waals surface area contributed by atoms with Crippen molar-refractivity contribution in [3.8, 4) is 11.3 Å². The van der Waals surface area contributed by atoms with Gasteiger partial charge in [-0.15, -0.1) is 0 Å². The van der Waals surface area contributed by atoms with Crippen molar-refractivity contribution in [2.45, 2.75) is 25.1 Å². The Morgan fingerprint density at radius 3 is 2.91 bits per heavy atom. The van der Waals surface area contributed by atoms with Gasteiger partial charge < -0.3 is 19.4 Å². The number of nitrogens with zero attached hydrogens (tertiary/aromatic N) is 5. The molecule has 4 heterocycles. The lowest BCUT2D eigenvalue weighted by molar-refractivity contribution is -0.117. The van der Waals surface area contributed by atoms with Crippen LogP contribution >= 0.6 is 11.6 Å². The first-order chi connectivity index (χ1) is 16.4. The van der Waals surface area contributed by atoms with Crippen LogP contribution in [0.15, 0.2) is 24.8 Å². The van der Waals surface area contributed by atoms with Crippen molar-refractivity contribution in [1.29, 1.82) is 0 Å². The Kier molecular flexibility index (Phi) is 4.92. The molecule has 0 spiro atoms. The summed E-state index contributed by atoms with van der Waals surface area (Å²) in [4.78, 5) is 22.7. The molecule has 1 aromatic carbocycles. The highest BCUT2D eigenvalue weighted by Gasteiger charge is 2.43. The molecule has 1 saturated heterocycles. The Morgan fingerprint density at radius 2 is 2.18 bits per heavy atom. The molecule has 9 nitrogen and oxygen atoms in total. The van der Waals surface area contributed by atoms with Gasteiger partial charge in [-0.1, -0.05) is 11.6 Å². The zero-order valence-corrected chi connectivity index (χ0v) is 18.8. The summed E-state index contributed by atoms with van der Waals surface area (Å²) in [7, 11) is 1.64. The van der Waals surface area contributed by atoms with E-state index in [1.54, 1.807) is 30.1 Å². The summed E-state index contributed by atoms with van der Waals surface area (Å²) in [5.74, 6) is -1.30. The van der Waals surface area contributed by atoms with Gasteiger partial charge >= 0.3 is 0 Å². The van der Waals surface area contributed by atoms with Crippen molar-refractivity contribution in [2.24, 2.45) is 5.92 Å². The number of rotatable bonds is 5. The number of hydrogen-bond donors (Lipinski definition) is 2. The Labute approximate surface area is 197 Å². The molecule has 1 aliphatic carbocycles. The van der Waals surface area contributed by atoms with Crippen LogP contribution in [0, 0.1) is 11.7 Å². The topological polar surface area (TPSA) is 100 Å². The third kappa shape index (κ3) is 3.38. The van der Waals surface area contributed by atoms with E-state index in [4.69, 9.17) is 16.3 Å². The summed E-state index contributed by atoms with van der Waals surface area (Å²) in [6, 6.07) is 0. The Balaban J connectivity index is 1.40. The predicted octanol–water partition coefficient (Wildman–Crippen LogP) is 3.59. The van der Waals surface area contributed by atoms with Crippen LogP contribution in [0.3, 0.4) is 0 Å². The molecule has 3 aromatic heterocycles. The summed E-state index contributed by atoms with van der Waals surface area (Å²) < 4.78 is 35.8. The van der Waals surface area contributed by atoms with E-state index in [1.807, 2.05) is 4.90 Å². The molecule has 0 radical (unpaired) electrons. The van der Waals surface area contributed by atoms with Crippen molar-refractivity contribution < 1.29 is 18.3 Å². The van der Waals surface area contributed by atoms with Gasteiger partial charge in [0.25, 0.3) is 0 Å². The van der Waals surface area contributed by atoms with Gasteiger partial charge in [-0.2, -0.15) is 5.10 Å². The third-order valence-corrected chi connectivity index (χ3v) is 6.81. The molecule has 0 unspecified atom stereocenters. The first-order valence-electron chi connectivity index (χ1n) is 10.9. The molecule has 2 aliphatic rings. The summed E-state index contributed by atoms with van der Waals surface area (Å²) >= 11 is 6.57. The van der Waals surface area contributed by atoms with Crippen molar-refractivity contribution >= 4 is 45.6 Å². The minimum Gasteiger partial charge on any atom is -0.380 e. The monoisotopic (exact) mass is 487 g/mol. The molecule has 2 N–H and O–H groups in total. The van der Waals surface area contributed by atoms with Crippen LogP contribution in [0.4, 0.5) is 20.3 Å². The van der Waals surface area contributed by atoms with Crippen LogP contribution in [-0.4, -0.2) is 62.9 Å². The van der Waals surface area contributed by atoms with Crippen molar-refractivity contribution in [1.82, 2.24) is 24.6 Å². The van der Waals surface area contributed by atoms with Crippen LogP contribution in [0.25, 0.3) is 27.8 Å². The summed E-state index contributed by atoms with van der Waals surface area (Å²) in [5.41, 5.74) is 2.16. The first-order valence-corrected chi connectivity index (χ1v) is 11.2. The number of aromatic amines is 1. The van der Waals surface area contributed by atoms with E-state index >= 15 is 4.39 Å². The van der Waals surface area contributed by atoms with Gasteiger partial charge in [0.2, 0.25) is 5.91 Å². The molecule has 34 heavy (non-hydrogen) atoms. The number of ether oxygens (including phenoxy) is 1. The van der Waals surface area contributed by atoms with Gasteiger partial charge in [0.15, 0.2) is 17.3 Å². The third-order valence-electron chi connectivity index (χ3n) is 6.46. The number of halogens is 3. The maximum atomic E-state index is 15.6. The first kappa shape index (κ1) is 21.2. The number of fused-ring (bicyclic) bond motifs is 2. The van der Waals surface area contributed by atoms with Gasteiger partial charge in [-0.25, -0.2) is 13.8 Å².